The number of rotatable bonds is 9. The van der Waals surface area contributed by atoms with Crippen molar-refractivity contribution in [3.63, 3.8) is 0 Å². The molecule has 140 valence electrons. The molecule has 27 heavy (non-hydrogen) atoms. The number of pyridine rings is 2. The Balaban J connectivity index is 1.48. The number of hydrogen-bond acceptors (Lipinski definition) is 5. The van der Waals surface area contributed by atoms with E-state index < -0.39 is 0 Å². The van der Waals surface area contributed by atoms with Gasteiger partial charge >= 0.3 is 0 Å². The first-order valence-electron chi connectivity index (χ1n) is 9.21. The lowest BCUT2D eigenvalue weighted by Crippen LogP contribution is -2.25. The van der Waals surface area contributed by atoms with E-state index in [1.165, 1.54) is 0 Å². The Labute approximate surface area is 158 Å². The van der Waals surface area contributed by atoms with Crippen molar-refractivity contribution in [2.24, 2.45) is 0 Å². The summed E-state index contributed by atoms with van der Waals surface area (Å²) in [6, 6.07) is 11.4. The summed E-state index contributed by atoms with van der Waals surface area (Å²) in [5.41, 5.74) is 1.47. The molecule has 0 unspecified atom stereocenters. The zero-order valence-corrected chi connectivity index (χ0v) is 15.4. The van der Waals surface area contributed by atoms with Crippen LogP contribution in [0.4, 0.5) is 5.82 Å². The largest absolute Gasteiger partial charge is 0.370 e. The number of unbranched alkanes of at least 4 members (excludes halogenated alkanes) is 1. The fraction of sp³-hybridized carbons (Fsp3) is 0.300. The van der Waals surface area contributed by atoms with Crippen molar-refractivity contribution in [3.8, 4) is 5.82 Å². The van der Waals surface area contributed by atoms with Crippen molar-refractivity contribution in [1.82, 2.24) is 25.1 Å². The van der Waals surface area contributed by atoms with Crippen LogP contribution in [0.3, 0.4) is 0 Å². The Morgan fingerprint density at radius 1 is 1.04 bits per heavy atom. The van der Waals surface area contributed by atoms with Gasteiger partial charge in [0.25, 0.3) is 5.91 Å². The Morgan fingerprint density at radius 3 is 2.52 bits per heavy atom. The van der Waals surface area contributed by atoms with Crippen molar-refractivity contribution in [1.29, 1.82) is 0 Å². The molecule has 3 heterocycles. The molecule has 0 aromatic carbocycles. The van der Waals surface area contributed by atoms with Crippen LogP contribution in [0.5, 0.6) is 0 Å². The Bertz CT molecular complexity index is 847. The lowest BCUT2D eigenvalue weighted by molar-refractivity contribution is 0.0952. The van der Waals surface area contributed by atoms with E-state index in [-0.39, 0.29) is 5.91 Å². The first-order valence-corrected chi connectivity index (χ1v) is 9.21. The van der Waals surface area contributed by atoms with E-state index in [9.17, 15) is 4.79 Å². The second kappa shape index (κ2) is 9.47. The molecule has 0 atom stereocenters. The van der Waals surface area contributed by atoms with Crippen molar-refractivity contribution < 1.29 is 4.79 Å². The van der Waals surface area contributed by atoms with Crippen LogP contribution in [-0.4, -0.2) is 38.7 Å². The lowest BCUT2D eigenvalue weighted by Gasteiger charge is -2.08. The molecule has 0 aliphatic rings. The van der Waals surface area contributed by atoms with Crippen LogP contribution in [0.2, 0.25) is 0 Å². The third-order valence-corrected chi connectivity index (χ3v) is 4.17. The molecule has 2 N–H and O–H groups in total. The molecule has 0 saturated carbocycles. The van der Waals surface area contributed by atoms with E-state index in [0.717, 1.165) is 30.9 Å². The monoisotopic (exact) mass is 364 g/mol. The maximum atomic E-state index is 12.5. The van der Waals surface area contributed by atoms with E-state index >= 15 is 0 Å². The van der Waals surface area contributed by atoms with Gasteiger partial charge in [0.15, 0.2) is 5.82 Å². The van der Waals surface area contributed by atoms with Crippen molar-refractivity contribution in [2.75, 3.05) is 18.4 Å². The number of amides is 1. The van der Waals surface area contributed by atoms with Gasteiger partial charge in [0.1, 0.15) is 5.82 Å². The summed E-state index contributed by atoms with van der Waals surface area (Å²) < 4.78 is 1.73. The Morgan fingerprint density at radius 2 is 1.81 bits per heavy atom. The molecular formula is C20H24N6O. The Kier molecular flexibility index (Phi) is 6.51. The fourth-order valence-electron chi connectivity index (χ4n) is 2.81. The van der Waals surface area contributed by atoms with E-state index in [4.69, 9.17) is 0 Å². The minimum atomic E-state index is -0.0910. The zero-order chi connectivity index (χ0) is 18.9. The van der Waals surface area contributed by atoms with E-state index in [2.05, 4.69) is 25.7 Å². The molecule has 7 nitrogen and oxygen atoms in total. The summed E-state index contributed by atoms with van der Waals surface area (Å²) in [5, 5.41) is 10.6. The van der Waals surface area contributed by atoms with Gasteiger partial charge in [-0.2, -0.15) is 5.10 Å². The van der Waals surface area contributed by atoms with Crippen molar-refractivity contribution >= 4 is 11.7 Å². The normalized spacial score (nSPS) is 10.6. The third-order valence-electron chi connectivity index (χ3n) is 4.17. The predicted octanol–water partition coefficient (Wildman–Crippen LogP) is 2.85. The molecule has 7 heteroatoms. The smallest absolute Gasteiger partial charge is 0.254 e. The van der Waals surface area contributed by atoms with Crippen LogP contribution in [0.25, 0.3) is 5.82 Å². The first-order chi connectivity index (χ1) is 13.3. The zero-order valence-electron chi connectivity index (χ0n) is 15.4. The Hall–Kier alpha value is -3.22. The summed E-state index contributed by atoms with van der Waals surface area (Å²) in [4.78, 5) is 21.0. The van der Waals surface area contributed by atoms with Crippen LogP contribution in [0.15, 0.2) is 55.0 Å². The van der Waals surface area contributed by atoms with Crippen molar-refractivity contribution in [3.05, 3.63) is 66.2 Å². The summed E-state index contributed by atoms with van der Waals surface area (Å²) in [7, 11) is 0. The highest BCUT2D eigenvalue weighted by molar-refractivity contribution is 5.95. The number of hydrogen-bond donors (Lipinski definition) is 2. The van der Waals surface area contributed by atoms with Crippen LogP contribution in [0.1, 0.15) is 35.8 Å². The molecule has 0 saturated heterocycles. The maximum Gasteiger partial charge on any atom is 0.254 e. The topological polar surface area (TPSA) is 84.7 Å². The standard InChI is InChI=1S/C20H24N6O/c1-2-17-16(15-25-26(17)19-10-4-6-13-23-19)20(27)24-14-8-7-12-22-18-9-3-5-11-21-18/h3-6,9-11,13,15H,2,7-8,12,14H2,1H3,(H,21,22)(H,24,27). The van der Waals surface area contributed by atoms with Gasteiger partial charge in [-0.1, -0.05) is 19.1 Å². The van der Waals surface area contributed by atoms with Gasteiger partial charge in [-0.25, -0.2) is 14.6 Å². The number of carbonyl (C=O) groups excluding carboxylic acids is 1. The number of nitrogens with zero attached hydrogens (tertiary/aromatic N) is 4. The molecule has 0 spiro atoms. The average molecular weight is 364 g/mol. The lowest BCUT2D eigenvalue weighted by atomic mass is 10.2. The SMILES string of the molecule is CCc1c(C(=O)NCCCCNc2ccccn2)cnn1-c1ccccn1. The van der Waals surface area contributed by atoms with E-state index in [1.807, 2.05) is 43.3 Å². The number of anilines is 1. The number of carbonyl (C=O) groups is 1. The summed E-state index contributed by atoms with van der Waals surface area (Å²) in [6.07, 6.45) is 7.64. The summed E-state index contributed by atoms with van der Waals surface area (Å²) in [6.45, 7) is 3.46. The fourth-order valence-corrected chi connectivity index (χ4v) is 2.81. The van der Waals surface area contributed by atoms with E-state index in [1.54, 1.807) is 23.3 Å². The van der Waals surface area contributed by atoms with Crippen molar-refractivity contribution in [2.45, 2.75) is 26.2 Å². The van der Waals surface area contributed by atoms with Gasteiger partial charge in [0.2, 0.25) is 0 Å². The average Bonchev–Trinajstić information content (AvgIpc) is 3.16. The van der Waals surface area contributed by atoms with Gasteiger partial charge in [-0.3, -0.25) is 4.79 Å². The minimum Gasteiger partial charge on any atom is -0.370 e. The molecule has 0 fully saturated rings. The van der Waals surface area contributed by atoms with Gasteiger partial charge in [0, 0.05) is 25.5 Å². The molecule has 3 aromatic rings. The van der Waals surface area contributed by atoms with Crippen LogP contribution in [-0.2, 0) is 6.42 Å². The highest BCUT2D eigenvalue weighted by Gasteiger charge is 2.17. The number of nitrogens with one attached hydrogen (secondary N) is 2. The van der Waals surface area contributed by atoms with Gasteiger partial charge in [-0.15, -0.1) is 0 Å². The molecule has 0 aliphatic carbocycles. The maximum absolute atomic E-state index is 12.5. The number of aromatic nitrogens is 4. The second-order valence-electron chi connectivity index (χ2n) is 6.06. The minimum absolute atomic E-state index is 0.0910. The molecule has 0 aliphatic heterocycles. The van der Waals surface area contributed by atoms with Gasteiger partial charge < -0.3 is 10.6 Å². The highest BCUT2D eigenvalue weighted by Crippen LogP contribution is 2.14. The molecule has 0 bridgehead atoms. The van der Waals surface area contributed by atoms with Gasteiger partial charge in [0.05, 0.1) is 17.5 Å². The molecule has 3 aromatic heterocycles. The van der Waals surface area contributed by atoms with E-state index in [0.29, 0.717) is 24.3 Å². The third kappa shape index (κ3) is 4.91. The molecule has 0 radical (unpaired) electrons. The van der Waals surface area contributed by atoms with Crippen LogP contribution in [0, 0.1) is 0 Å². The van der Waals surface area contributed by atoms with Crippen LogP contribution < -0.4 is 10.6 Å². The summed E-state index contributed by atoms with van der Waals surface area (Å²) >= 11 is 0. The summed E-state index contributed by atoms with van der Waals surface area (Å²) in [5.74, 6) is 1.50. The molecular weight excluding hydrogens is 340 g/mol. The van der Waals surface area contributed by atoms with Gasteiger partial charge in [-0.05, 0) is 43.5 Å². The first kappa shape index (κ1) is 18.6. The molecule has 3 rings (SSSR count). The highest BCUT2D eigenvalue weighted by atomic mass is 16.1. The quantitative estimate of drug-likeness (QED) is 0.570. The van der Waals surface area contributed by atoms with Crippen LogP contribution >= 0.6 is 0 Å². The second-order valence-corrected chi connectivity index (χ2v) is 6.06. The molecule has 1 amide bonds. The predicted molar refractivity (Wildman–Crippen MR) is 105 cm³/mol.